The fourth-order valence-electron chi connectivity index (χ4n) is 2.17. The molecule has 0 fully saturated rings. The monoisotopic (exact) mass is 331 g/mol. The van der Waals surface area contributed by atoms with Gasteiger partial charge in [0, 0.05) is 12.7 Å². The zero-order valence-corrected chi connectivity index (χ0v) is 13.8. The van der Waals surface area contributed by atoms with Gasteiger partial charge < -0.3 is 9.84 Å². The summed E-state index contributed by atoms with van der Waals surface area (Å²) in [4.78, 5) is 17.4. The van der Waals surface area contributed by atoms with Gasteiger partial charge in [-0.1, -0.05) is 18.1 Å². The highest BCUT2D eigenvalue weighted by Crippen LogP contribution is 2.22. The number of nitrogens with zero attached hydrogens (tertiary/aromatic N) is 4. The molecule has 8 heteroatoms. The molecule has 0 aliphatic heterocycles. The van der Waals surface area contributed by atoms with Gasteiger partial charge in [-0.05, 0) is 24.8 Å². The van der Waals surface area contributed by atoms with Gasteiger partial charge in [0.15, 0.2) is 5.82 Å². The number of hydrogen-bond acceptors (Lipinski definition) is 6. The van der Waals surface area contributed by atoms with E-state index >= 15 is 0 Å². The lowest BCUT2D eigenvalue weighted by Gasteiger charge is -2.00. The van der Waals surface area contributed by atoms with E-state index in [0.717, 1.165) is 17.8 Å². The quantitative estimate of drug-likeness (QED) is 0.750. The Morgan fingerprint density at radius 2 is 2.35 bits per heavy atom. The molecule has 0 unspecified atom stereocenters. The van der Waals surface area contributed by atoms with Crippen LogP contribution in [-0.2, 0) is 13.1 Å². The molecule has 23 heavy (non-hydrogen) atoms. The van der Waals surface area contributed by atoms with E-state index in [0.29, 0.717) is 23.0 Å². The lowest BCUT2D eigenvalue weighted by atomic mass is 10.2. The molecule has 0 radical (unpaired) electrons. The molecule has 0 saturated carbocycles. The Morgan fingerprint density at radius 1 is 1.48 bits per heavy atom. The number of aromatic nitrogens is 4. The van der Waals surface area contributed by atoms with Crippen LogP contribution in [0, 0.1) is 6.92 Å². The molecule has 1 amide bonds. The van der Waals surface area contributed by atoms with E-state index in [-0.39, 0.29) is 12.5 Å². The lowest BCUT2D eigenvalue weighted by Crippen LogP contribution is -2.23. The molecular formula is C15H17N5O2S. The zero-order valence-electron chi connectivity index (χ0n) is 12.9. The third-order valence-electron chi connectivity index (χ3n) is 3.25. The first-order chi connectivity index (χ1) is 11.2. The number of carbonyl (C=O) groups is 1. The molecule has 0 aliphatic carbocycles. The standard InChI is InChI=1S/C15H17N5O2S/c1-3-6-20-9-11(10(2)18-20)14(21)16-8-13-17-15(22-19-13)12-5-4-7-23-12/h4-5,7,9H,3,6,8H2,1-2H3,(H,16,21). The number of amides is 1. The average molecular weight is 331 g/mol. The largest absolute Gasteiger partial charge is 0.344 e. The molecule has 120 valence electrons. The van der Waals surface area contributed by atoms with E-state index in [4.69, 9.17) is 4.52 Å². The van der Waals surface area contributed by atoms with Crippen molar-refractivity contribution in [3.8, 4) is 10.8 Å². The van der Waals surface area contributed by atoms with Crippen molar-refractivity contribution in [3.63, 3.8) is 0 Å². The summed E-state index contributed by atoms with van der Waals surface area (Å²) in [5.74, 6) is 0.726. The van der Waals surface area contributed by atoms with Gasteiger partial charge in [0.25, 0.3) is 11.8 Å². The van der Waals surface area contributed by atoms with E-state index in [2.05, 4.69) is 27.5 Å². The Hall–Kier alpha value is -2.48. The van der Waals surface area contributed by atoms with Crippen molar-refractivity contribution < 1.29 is 9.32 Å². The Labute approximate surface area is 137 Å². The predicted octanol–water partition coefficient (Wildman–Crippen LogP) is 2.64. The van der Waals surface area contributed by atoms with Crippen molar-refractivity contribution in [1.29, 1.82) is 0 Å². The minimum atomic E-state index is -0.188. The third kappa shape index (κ3) is 3.48. The number of thiophene rings is 1. The minimum absolute atomic E-state index is 0.188. The second-order valence-corrected chi connectivity index (χ2v) is 6.01. The van der Waals surface area contributed by atoms with Crippen LogP contribution in [0.4, 0.5) is 0 Å². The van der Waals surface area contributed by atoms with Gasteiger partial charge in [-0.15, -0.1) is 11.3 Å². The summed E-state index contributed by atoms with van der Waals surface area (Å²) in [6.07, 6.45) is 2.73. The summed E-state index contributed by atoms with van der Waals surface area (Å²) in [7, 11) is 0. The molecular weight excluding hydrogens is 314 g/mol. The van der Waals surface area contributed by atoms with Crippen molar-refractivity contribution >= 4 is 17.2 Å². The second-order valence-electron chi connectivity index (χ2n) is 5.07. The summed E-state index contributed by atoms with van der Waals surface area (Å²) >= 11 is 1.53. The molecule has 3 aromatic heterocycles. The molecule has 0 atom stereocenters. The highest BCUT2D eigenvalue weighted by Gasteiger charge is 2.15. The zero-order chi connectivity index (χ0) is 16.2. The first-order valence-electron chi connectivity index (χ1n) is 7.36. The molecule has 3 aromatic rings. The molecule has 1 N–H and O–H groups in total. The normalized spacial score (nSPS) is 10.9. The first-order valence-corrected chi connectivity index (χ1v) is 8.24. The molecule has 0 spiro atoms. The number of hydrogen-bond donors (Lipinski definition) is 1. The molecule has 0 aromatic carbocycles. The molecule has 0 aliphatic rings. The summed E-state index contributed by atoms with van der Waals surface area (Å²) in [6, 6.07) is 3.83. The van der Waals surface area contributed by atoms with Gasteiger partial charge in [-0.3, -0.25) is 9.48 Å². The Balaban J connectivity index is 1.63. The Morgan fingerprint density at radius 3 is 3.09 bits per heavy atom. The van der Waals surface area contributed by atoms with Crippen LogP contribution in [0.1, 0.15) is 35.2 Å². The van der Waals surface area contributed by atoms with Gasteiger partial charge in [-0.2, -0.15) is 10.1 Å². The topological polar surface area (TPSA) is 85.8 Å². The molecule has 3 heterocycles. The fraction of sp³-hybridized carbons (Fsp3) is 0.333. The summed E-state index contributed by atoms with van der Waals surface area (Å²) in [5.41, 5.74) is 1.28. The number of carbonyl (C=O) groups excluding carboxylic acids is 1. The van der Waals surface area contributed by atoms with Crippen molar-refractivity contribution in [2.45, 2.75) is 33.4 Å². The highest BCUT2D eigenvalue weighted by atomic mass is 32.1. The van der Waals surface area contributed by atoms with E-state index in [1.165, 1.54) is 11.3 Å². The van der Waals surface area contributed by atoms with Crippen LogP contribution in [0.3, 0.4) is 0 Å². The van der Waals surface area contributed by atoms with Crippen LogP contribution in [0.25, 0.3) is 10.8 Å². The Bertz CT molecular complexity index is 791. The fourth-order valence-corrected chi connectivity index (χ4v) is 2.81. The van der Waals surface area contributed by atoms with Gasteiger partial charge >= 0.3 is 0 Å². The van der Waals surface area contributed by atoms with Gasteiger partial charge in [-0.25, -0.2) is 0 Å². The van der Waals surface area contributed by atoms with Crippen LogP contribution < -0.4 is 5.32 Å². The van der Waals surface area contributed by atoms with Crippen molar-refractivity contribution in [3.05, 3.63) is 40.8 Å². The van der Waals surface area contributed by atoms with Crippen LogP contribution in [0.2, 0.25) is 0 Å². The van der Waals surface area contributed by atoms with Crippen molar-refractivity contribution in [2.75, 3.05) is 0 Å². The van der Waals surface area contributed by atoms with E-state index in [1.807, 2.05) is 24.4 Å². The average Bonchev–Trinajstić information content (AvgIpc) is 3.25. The summed E-state index contributed by atoms with van der Waals surface area (Å²) < 4.78 is 6.97. The molecule has 3 rings (SSSR count). The first kappa shape index (κ1) is 15.4. The van der Waals surface area contributed by atoms with Crippen LogP contribution in [0.5, 0.6) is 0 Å². The minimum Gasteiger partial charge on any atom is -0.344 e. The molecule has 7 nitrogen and oxygen atoms in total. The number of rotatable bonds is 6. The van der Waals surface area contributed by atoms with Crippen LogP contribution >= 0.6 is 11.3 Å². The van der Waals surface area contributed by atoms with E-state index in [9.17, 15) is 4.79 Å². The second kappa shape index (κ2) is 6.74. The maximum absolute atomic E-state index is 12.2. The smallest absolute Gasteiger partial charge is 0.268 e. The van der Waals surface area contributed by atoms with Gasteiger partial charge in [0.05, 0.1) is 22.7 Å². The molecule has 0 bridgehead atoms. The van der Waals surface area contributed by atoms with E-state index in [1.54, 1.807) is 10.9 Å². The molecule has 0 saturated heterocycles. The van der Waals surface area contributed by atoms with Gasteiger partial charge in [0.1, 0.15) is 0 Å². The van der Waals surface area contributed by atoms with Crippen LogP contribution in [0.15, 0.2) is 28.2 Å². The number of aryl methyl sites for hydroxylation is 2. The lowest BCUT2D eigenvalue weighted by molar-refractivity contribution is 0.0949. The maximum Gasteiger partial charge on any atom is 0.268 e. The van der Waals surface area contributed by atoms with Gasteiger partial charge in [0.2, 0.25) is 0 Å². The predicted molar refractivity (Wildman–Crippen MR) is 86.0 cm³/mol. The summed E-state index contributed by atoms with van der Waals surface area (Å²) in [5, 5.41) is 12.9. The number of nitrogens with one attached hydrogen (secondary N) is 1. The highest BCUT2D eigenvalue weighted by molar-refractivity contribution is 7.13. The maximum atomic E-state index is 12.2. The van der Waals surface area contributed by atoms with Crippen molar-refractivity contribution in [1.82, 2.24) is 25.2 Å². The van der Waals surface area contributed by atoms with Crippen LogP contribution in [-0.4, -0.2) is 25.8 Å². The Kier molecular flexibility index (Phi) is 4.52. The summed E-state index contributed by atoms with van der Waals surface area (Å²) in [6.45, 7) is 4.90. The van der Waals surface area contributed by atoms with Crippen molar-refractivity contribution in [2.24, 2.45) is 0 Å². The van der Waals surface area contributed by atoms with E-state index < -0.39 is 0 Å². The SMILES string of the molecule is CCCn1cc(C(=O)NCc2noc(-c3cccs3)n2)c(C)n1. The third-order valence-corrected chi connectivity index (χ3v) is 4.11.